The molecule has 2 aromatic heterocycles. The van der Waals surface area contributed by atoms with E-state index in [9.17, 15) is 9.59 Å². The lowest BCUT2D eigenvalue weighted by Gasteiger charge is -2.26. The molecule has 2 atom stereocenters. The highest BCUT2D eigenvalue weighted by molar-refractivity contribution is 8.00. The molecule has 3 heterocycles. The van der Waals surface area contributed by atoms with Gasteiger partial charge in [-0.3, -0.25) is 14.2 Å². The molecule has 31 heavy (non-hydrogen) atoms. The van der Waals surface area contributed by atoms with Gasteiger partial charge >= 0.3 is 5.97 Å². The van der Waals surface area contributed by atoms with E-state index in [1.165, 1.54) is 30.2 Å². The van der Waals surface area contributed by atoms with E-state index in [1.54, 1.807) is 11.5 Å². The highest BCUT2D eigenvalue weighted by atomic mass is 32.2. The Balaban J connectivity index is 1.93. The molecule has 4 rings (SSSR count). The number of methoxy groups -OCH3 is 1. The van der Waals surface area contributed by atoms with Gasteiger partial charge in [-0.05, 0) is 43.0 Å². The zero-order valence-corrected chi connectivity index (χ0v) is 19.9. The number of hydrogen-bond acceptors (Lipinski definition) is 7. The lowest BCUT2D eigenvalue weighted by atomic mass is 9.96. The number of carbonyl (C=O) groups excluding carboxylic acids is 1. The van der Waals surface area contributed by atoms with Gasteiger partial charge in [0.05, 0.1) is 30.9 Å². The first-order valence-corrected chi connectivity index (χ1v) is 12.0. The fraction of sp³-hybridized carbons (Fsp3) is 0.435. The summed E-state index contributed by atoms with van der Waals surface area (Å²) < 4.78 is 12.5. The van der Waals surface area contributed by atoms with Gasteiger partial charge in [0.2, 0.25) is 0 Å². The summed E-state index contributed by atoms with van der Waals surface area (Å²) in [6, 6.07) is 7.76. The molecule has 0 aliphatic carbocycles. The average Bonchev–Trinajstić information content (AvgIpc) is 3.10. The summed E-state index contributed by atoms with van der Waals surface area (Å²) in [5, 5.41) is 0.667. The zero-order chi connectivity index (χ0) is 22.3. The molecule has 0 saturated carbocycles. The summed E-state index contributed by atoms with van der Waals surface area (Å²) in [5.74, 6) is 0.0135. The molecule has 3 aromatic rings. The highest BCUT2D eigenvalue weighted by Gasteiger charge is 2.29. The third-order valence-electron chi connectivity index (χ3n) is 5.53. The maximum absolute atomic E-state index is 13.9. The van der Waals surface area contributed by atoms with E-state index in [2.05, 4.69) is 13.8 Å². The first-order valence-electron chi connectivity index (χ1n) is 10.3. The average molecular weight is 459 g/mol. The van der Waals surface area contributed by atoms with E-state index in [0.29, 0.717) is 34.3 Å². The van der Waals surface area contributed by atoms with Crippen molar-refractivity contribution in [3.05, 3.63) is 50.6 Å². The maximum Gasteiger partial charge on any atom is 0.318 e. The van der Waals surface area contributed by atoms with Gasteiger partial charge in [-0.15, -0.1) is 11.3 Å². The van der Waals surface area contributed by atoms with Gasteiger partial charge < -0.3 is 9.47 Å². The summed E-state index contributed by atoms with van der Waals surface area (Å²) >= 11 is 2.75. The van der Waals surface area contributed by atoms with Crippen molar-refractivity contribution in [1.29, 1.82) is 0 Å². The van der Waals surface area contributed by atoms with Crippen molar-refractivity contribution in [2.75, 3.05) is 7.11 Å². The number of fused-ring (bicyclic) bond motifs is 3. The smallest absolute Gasteiger partial charge is 0.318 e. The van der Waals surface area contributed by atoms with Crippen molar-refractivity contribution in [1.82, 2.24) is 9.55 Å². The molecular weight excluding hydrogens is 432 g/mol. The predicted octanol–water partition coefficient (Wildman–Crippen LogP) is 4.51. The third kappa shape index (κ3) is 4.16. The number of thioether (sulfide) groups is 1. The topological polar surface area (TPSA) is 70.4 Å². The van der Waals surface area contributed by atoms with Gasteiger partial charge in [0.25, 0.3) is 5.56 Å². The zero-order valence-electron chi connectivity index (χ0n) is 18.3. The number of nitrogens with zero attached hydrogens (tertiary/aromatic N) is 2. The van der Waals surface area contributed by atoms with Crippen LogP contribution in [-0.2, 0) is 27.3 Å². The lowest BCUT2D eigenvalue weighted by Crippen LogP contribution is -2.28. The Kier molecular flexibility index (Phi) is 6.23. The van der Waals surface area contributed by atoms with Crippen LogP contribution in [0.4, 0.5) is 0 Å². The van der Waals surface area contributed by atoms with E-state index in [-0.39, 0.29) is 17.6 Å². The third-order valence-corrected chi connectivity index (χ3v) is 7.66. The van der Waals surface area contributed by atoms with Crippen LogP contribution in [0.2, 0.25) is 0 Å². The molecule has 1 aromatic carbocycles. The van der Waals surface area contributed by atoms with E-state index in [0.717, 1.165) is 21.7 Å². The molecule has 164 valence electrons. The summed E-state index contributed by atoms with van der Waals surface area (Å²) in [7, 11) is 1.36. The van der Waals surface area contributed by atoms with Crippen LogP contribution in [0.15, 0.2) is 34.2 Å². The minimum atomic E-state index is -0.492. The number of aryl methyl sites for hydroxylation is 1. The molecule has 6 nitrogen and oxygen atoms in total. The van der Waals surface area contributed by atoms with E-state index < -0.39 is 5.25 Å². The summed E-state index contributed by atoms with van der Waals surface area (Å²) in [5.41, 5.74) is 2.74. The second kappa shape index (κ2) is 8.76. The molecule has 0 N–H and O–H groups in total. The Hall–Kier alpha value is -2.16. The molecule has 0 amide bonds. The fourth-order valence-electron chi connectivity index (χ4n) is 3.78. The Bertz CT molecular complexity index is 1200. The number of ether oxygens (including phenoxy) is 2. The second-order valence-corrected chi connectivity index (χ2v) is 10.5. The highest BCUT2D eigenvalue weighted by Crippen LogP contribution is 2.36. The van der Waals surface area contributed by atoms with Gasteiger partial charge in [-0.25, -0.2) is 4.98 Å². The summed E-state index contributed by atoms with van der Waals surface area (Å²) in [6.07, 6.45) is 0.800. The Morgan fingerprint density at radius 1 is 1.35 bits per heavy atom. The summed E-state index contributed by atoms with van der Waals surface area (Å²) in [4.78, 5) is 32.5. The Labute approximate surface area is 189 Å². The van der Waals surface area contributed by atoms with Crippen LogP contribution < -0.4 is 5.56 Å². The molecule has 0 unspecified atom stereocenters. The lowest BCUT2D eigenvalue weighted by molar-refractivity contribution is -0.139. The number of esters is 1. The summed E-state index contributed by atoms with van der Waals surface area (Å²) in [6.45, 7) is 8.52. The molecule has 8 heteroatoms. The molecule has 0 radical (unpaired) electrons. The molecule has 0 fully saturated rings. The van der Waals surface area contributed by atoms with Crippen LogP contribution in [0, 0.1) is 12.8 Å². The number of hydrogen-bond donors (Lipinski definition) is 0. The van der Waals surface area contributed by atoms with Gasteiger partial charge in [0.1, 0.15) is 10.1 Å². The van der Waals surface area contributed by atoms with Crippen LogP contribution in [0.25, 0.3) is 15.9 Å². The molecule has 0 saturated heterocycles. The minimum Gasteiger partial charge on any atom is -0.468 e. The van der Waals surface area contributed by atoms with Crippen molar-refractivity contribution in [2.24, 2.45) is 5.92 Å². The minimum absolute atomic E-state index is 0.0884. The Morgan fingerprint density at radius 2 is 2.13 bits per heavy atom. The second-order valence-electron chi connectivity index (χ2n) is 8.14. The molecule has 1 aliphatic heterocycles. The SMILES string of the molecule is COC(=O)[C@@H](C)Sc1nc2sc3c(c2c(=O)n1-c1cccc(C)c1)C[C@H](C(C)C)OC3. The van der Waals surface area contributed by atoms with Gasteiger partial charge in [0.15, 0.2) is 5.16 Å². The van der Waals surface area contributed by atoms with Gasteiger partial charge in [-0.1, -0.05) is 37.7 Å². The predicted molar refractivity (Wildman–Crippen MR) is 124 cm³/mol. The van der Waals surface area contributed by atoms with Crippen molar-refractivity contribution >= 4 is 39.3 Å². The number of thiophene rings is 1. The molecule has 1 aliphatic rings. The molecular formula is C23H26N2O4S2. The quantitative estimate of drug-likeness (QED) is 0.318. The van der Waals surface area contributed by atoms with Gasteiger partial charge in [-0.2, -0.15) is 0 Å². The fourth-order valence-corrected chi connectivity index (χ4v) is 5.90. The molecule has 0 spiro atoms. The monoisotopic (exact) mass is 458 g/mol. The first kappa shape index (κ1) is 22.0. The first-order chi connectivity index (χ1) is 14.8. The van der Waals surface area contributed by atoms with E-state index in [1.807, 2.05) is 31.2 Å². The number of benzene rings is 1. The normalized spacial score (nSPS) is 17.0. The van der Waals surface area contributed by atoms with Crippen LogP contribution >= 0.6 is 23.1 Å². The standard InChI is InChI=1S/C23H26N2O4S2/c1-12(2)17-10-16-18(11-29-17)31-20-19(16)21(26)25(15-8-6-7-13(3)9-15)23(24-20)30-14(4)22(27)28-5/h6-9,12,14,17H,10-11H2,1-5H3/t14-,17-/m1/s1. The Morgan fingerprint density at radius 3 is 2.81 bits per heavy atom. The van der Waals surface area contributed by atoms with Crippen LogP contribution in [0.1, 0.15) is 36.8 Å². The molecule has 0 bridgehead atoms. The van der Waals surface area contributed by atoms with Crippen molar-refractivity contribution in [2.45, 2.75) is 57.2 Å². The largest absolute Gasteiger partial charge is 0.468 e. The number of aromatic nitrogens is 2. The van der Waals surface area contributed by atoms with Crippen molar-refractivity contribution < 1.29 is 14.3 Å². The van der Waals surface area contributed by atoms with Crippen molar-refractivity contribution in [3.8, 4) is 5.69 Å². The number of rotatable bonds is 5. The van der Waals surface area contributed by atoms with E-state index in [4.69, 9.17) is 14.5 Å². The van der Waals surface area contributed by atoms with Crippen LogP contribution in [-0.4, -0.2) is 34.0 Å². The van der Waals surface area contributed by atoms with Crippen molar-refractivity contribution in [3.63, 3.8) is 0 Å². The maximum atomic E-state index is 13.9. The van der Waals surface area contributed by atoms with Crippen LogP contribution in [0.3, 0.4) is 0 Å². The number of carbonyl (C=O) groups is 1. The van der Waals surface area contributed by atoms with Gasteiger partial charge in [0, 0.05) is 11.3 Å². The van der Waals surface area contributed by atoms with E-state index >= 15 is 0 Å². The van der Waals surface area contributed by atoms with Crippen LogP contribution in [0.5, 0.6) is 0 Å².